The fourth-order valence-electron chi connectivity index (χ4n) is 12.2. The Kier molecular flexibility index (Phi) is 8.66. The fraction of sp³-hybridized carbons (Fsp3) is 0.0299. The van der Waals surface area contributed by atoms with Gasteiger partial charge < -0.3 is 4.57 Å². The van der Waals surface area contributed by atoms with Crippen molar-refractivity contribution in [2.24, 2.45) is 0 Å². The van der Waals surface area contributed by atoms with Crippen LogP contribution in [-0.2, 0) is 5.41 Å². The van der Waals surface area contributed by atoms with Crippen LogP contribution >= 0.6 is 11.3 Å². The van der Waals surface area contributed by atoms with E-state index in [-0.39, 0.29) is 0 Å². The van der Waals surface area contributed by atoms with Gasteiger partial charge >= 0.3 is 0 Å². The zero-order chi connectivity index (χ0) is 46.8. The lowest BCUT2D eigenvalue weighted by Gasteiger charge is -2.45. The average molecular weight is 922 g/mol. The van der Waals surface area contributed by atoms with Gasteiger partial charge in [0.25, 0.3) is 0 Å². The van der Waals surface area contributed by atoms with Gasteiger partial charge in [0.05, 0.1) is 33.5 Å². The highest BCUT2D eigenvalue weighted by Gasteiger charge is 2.52. The second-order valence-corrected chi connectivity index (χ2v) is 20.2. The minimum absolute atomic E-state index is 0.630. The molecule has 1 unspecified atom stereocenters. The minimum atomic E-state index is -0.630. The third-order valence-corrected chi connectivity index (χ3v) is 16.4. The van der Waals surface area contributed by atoms with Crippen molar-refractivity contribution >= 4 is 70.5 Å². The van der Waals surface area contributed by atoms with Gasteiger partial charge in [-0.2, -0.15) is 0 Å². The molecule has 0 radical (unpaired) electrons. The lowest BCUT2D eigenvalue weighted by Crippen LogP contribution is -2.36. The molecule has 0 saturated carbocycles. The molecule has 4 heteroatoms. The van der Waals surface area contributed by atoms with Crippen LogP contribution in [-0.4, -0.2) is 9.55 Å². The van der Waals surface area contributed by atoms with E-state index in [1.54, 1.807) is 0 Å². The first-order valence-corrected chi connectivity index (χ1v) is 25.3. The van der Waals surface area contributed by atoms with E-state index in [9.17, 15) is 0 Å². The third-order valence-electron chi connectivity index (χ3n) is 15.3. The number of fused-ring (bicyclic) bond motifs is 16. The van der Waals surface area contributed by atoms with Crippen LogP contribution in [0.4, 0.5) is 17.2 Å². The number of hydrogen-bond acceptors (Lipinski definition) is 3. The molecule has 2 aliphatic rings. The van der Waals surface area contributed by atoms with Crippen molar-refractivity contribution in [3.8, 4) is 50.3 Å². The molecule has 332 valence electrons. The van der Waals surface area contributed by atoms with Crippen LogP contribution in [0.25, 0.3) is 92.3 Å². The van der Waals surface area contributed by atoms with Gasteiger partial charge in [-0.05, 0) is 129 Å². The standard InChI is InChI=1S/C67H43N3S/c1-42-28-32-48(33-29-42)69-58-25-13-9-20-49(58)52-38-45(31-36-59(52)69)46-30-34-55-61(40-46)70(64-41-47(43-16-4-2-5-17-43)39-57(68-64)44-18-6-3-7-19-44)60-26-14-12-24-54(60)67(55)53-23-11-8-21-50(53)65-56(67)35-37-63-66(65)51-22-10-15-27-62(51)71-63/h2-41H,1H3. The van der Waals surface area contributed by atoms with Gasteiger partial charge in [-0.1, -0.05) is 181 Å². The van der Waals surface area contributed by atoms with Crippen molar-refractivity contribution in [2.75, 3.05) is 4.90 Å². The smallest absolute Gasteiger partial charge is 0.138 e. The number of thiophene rings is 1. The number of benzene rings is 10. The Balaban J connectivity index is 1.03. The second kappa shape index (κ2) is 15.3. The first-order chi connectivity index (χ1) is 35.1. The molecule has 71 heavy (non-hydrogen) atoms. The Morgan fingerprint density at radius 3 is 1.90 bits per heavy atom. The van der Waals surface area contributed by atoms with Crippen LogP contribution in [0.2, 0.25) is 0 Å². The highest BCUT2D eigenvalue weighted by Crippen LogP contribution is 2.65. The van der Waals surface area contributed by atoms with Gasteiger partial charge in [-0.3, -0.25) is 4.90 Å². The summed E-state index contributed by atoms with van der Waals surface area (Å²) < 4.78 is 5.03. The number of aromatic nitrogens is 2. The molecule has 0 amide bonds. The second-order valence-electron chi connectivity index (χ2n) is 19.1. The Bertz CT molecular complexity index is 4240. The summed E-state index contributed by atoms with van der Waals surface area (Å²) in [6.07, 6.45) is 0. The largest absolute Gasteiger partial charge is 0.309 e. The normalized spacial score (nSPS) is 14.6. The van der Waals surface area contributed by atoms with Gasteiger partial charge in [0.2, 0.25) is 0 Å². The number of hydrogen-bond donors (Lipinski definition) is 0. The summed E-state index contributed by atoms with van der Waals surface area (Å²) in [5.74, 6) is 0.869. The maximum atomic E-state index is 5.66. The van der Waals surface area contributed by atoms with E-state index in [0.29, 0.717) is 0 Å². The molecular weight excluding hydrogens is 879 g/mol. The molecule has 1 atom stereocenters. The molecule has 15 rings (SSSR count). The van der Waals surface area contributed by atoms with Crippen LogP contribution in [0.15, 0.2) is 243 Å². The Morgan fingerprint density at radius 2 is 1.06 bits per heavy atom. The quantitative estimate of drug-likeness (QED) is 0.171. The molecule has 0 N–H and O–H groups in total. The molecule has 0 bridgehead atoms. The Labute approximate surface area is 415 Å². The first-order valence-electron chi connectivity index (χ1n) is 24.4. The van der Waals surface area contributed by atoms with Gasteiger partial charge in [0, 0.05) is 42.2 Å². The molecule has 0 saturated heterocycles. The molecule has 1 aliphatic heterocycles. The molecule has 3 aromatic heterocycles. The Hall–Kier alpha value is -8.83. The van der Waals surface area contributed by atoms with E-state index in [1.165, 1.54) is 80.9 Å². The van der Waals surface area contributed by atoms with Crippen molar-refractivity contribution < 1.29 is 0 Å². The first kappa shape index (κ1) is 40.1. The lowest BCUT2D eigenvalue weighted by atomic mass is 9.64. The summed E-state index contributed by atoms with van der Waals surface area (Å²) in [6.45, 7) is 2.15. The predicted molar refractivity (Wildman–Crippen MR) is 298 cm³/mol. The zero-order valence-electron chi connectivity index (χ0n) is 38.8. The van der Waals surface area contributed by atoms with E-state index < -0.39 is 5.41 Å². The Morgan fingerprint density at radius 1 is 0.408 bits per heavy atom. The van der Waals surface area contributed by atoms with Crippen molar-refractivity contribution in [3.05, 3.63) is 270 Å². The van der Waals surface area contributed by atoms with Gasteiger partial charge in [0.1, 0.15) is 5.82 Å². The molecule has 10 aromatic carbocycles. The topological polar surface area (TPSA) is 21.1 Å². The number of aryl methyl sites for hydroxylation is 1. The fourth-order valence-corrected chi connectivity index (χ4v) is 13.3. The summed E-state index contributed by atoms with van der Waals surface area (Å²) in [5.41, 5.74) is 20.7. The van der Waals surface area contributed by atoms with E-state index in [1.807, 2.05) is 11.3 Å². The SMILES string of the molecule is Cc1ccc(-n2c3ccccc3c3cc(-c4ccc5c(c4)N(c4cc(-c6ccccc6)cc(-c6ccccc6)n4)c4ccccc4C54c5ccccc5-c5c4ccc4sc6ccccc6c54)ccc32)cc1. The van der Waals surface area contributed by atoms with Crippen LogP contribution in [0.1, 0.15) is 27.8 Å². The highest BCUT2D eigenvalue weighted by atomic mass is 32.1. The minimum Gasteiger partial charge on any atom is -0.309 e. The molecule has 0 fully saturated rings. The number of nitrogens with zero attached hydrogens (tertiary/aromatic N) is 3. The zero-order valence-corrected chi connectivity index (χ0v) is 39.7. The summed E-state index contributed by atoms with van der Waals surface area (Å²) >= 11 is 1.89. The molecule has 1 aliphatic carbocycles. The maximum Gasteiger partial charge on any atom is 0.138 e. The lowest BCUT2D eigenvalue weighted by molar-refractivity contribution is 0.752. The molecule has 13 aromatic rings. The van der Waals surface area contributed by atoms with E-state index in [4.69, 9.17) is 4.98 Å². The van der Waals surface area contributed by atoms with Crippen LogP contribution in [0.5, 0.6) is 0 Å². The average Bonchev–Trinajstić information content (AvgIpc) is 4.09. The number of anilines is 3. The summed E-state index contributed by atoms with van der Waals surface area (Å²) in [5, 5.41) is 5.12. The number of para-hydroxylation sites is 2. The molecule has 1 spiro atoms. The van der Waals surface area contributed by atoms with E-state index in [0.717, 1.165) is 56.4 Å². The molecular formula is C67H43N3S. The van der Waals surface area contributed by atoms with Crippen LogP contribution in [0.3, 0.4) is 0 Å². The van der Waals surface area contributed by atoms with Crippen LogP contribution in [0, 0.1) is 6.92 Å². The highest BCUT2D eigenvalue weighted by molar-refractivity contribution is 7.26. The number of pyridine rings is 1. The van der Waals surface area contributed by atoms with Gasteiger partial charge in [-0.15, -0.1) is 11.3 Å². The summed E-state index contributed by atoms with van der Waals surface area (Å²) in [4.78, 5) is 8.12. The van der Waals surface area contributed by atoms with E-state index >= 15 is 0 Å². The van der Waals surface area contributed by atoms with Crippen molar-refractivity contribution in [1.82, 2.24) is 9.55 Å². The van der Waals surface area contributed by atoms with E-state index in [2.05, 4.69) is 259 Å². The number of rotatable bonds is 5. The van der Waals surface area contributed by atoms with Crippen LogP contribution < -0.4 is 4.90 Å². The summed E-state index contributed by atoms with van der Waals surface area (Å²) in [7, 11) is 0. The third kappa shape index (κ3) is 5.80. The predicted octanol–water partition coefficient (Wildman–Crippen LogP) is 18.0. The van der Waals surface area contributed by atoms with Crippen molar-refractivity contribution in [1.29, 1.82) is 0 Å². The van der Waals surface area contributed by atoms with Crippen molar-refractivity contribution in [3.63, 3.8) is 0 Å². The molecule has 4 heterocycles. The summed E-state index contributed by atoms with van der Waals surface area (Å²) in [6, 6.07) is 89.9. The van der Waals surface area contributed by atoms with Gasteiger partial charge in [0.15, 0.2) is 0 Å². The maximum absolute atomic E-state index is 5.66. The molecule has 3 nitrogen and oxygen atoms in total. The monoisotopic (exact) mass is 921 g/mol. The van der Waals surface area contributed by atoms with Gasteiger partial charge in [-0.25, -0.2) is 4.98 Å². The van der Waals surface area contributed by atoms with Crippen molar-refractivity contribution in [2.45, 2.75) is 12.3 Å².